The van der Waals surface area contributed by atoms with E-state index in [0.717, 1.165) is 23.6 Å². The zero-order valence-corrected chi connectivity index (χ0v) is 13.8. The van der Waals surface area contributed by atoms with Crippen LogP contribution in [0.2, 0.25) is 0 Å². The number of anilines is 2. The van der Waals surface area contributed by atoms with Crippen molar-refractivity contribution in [2.75, 3.05) is 23.5 Å². The summed E-state index contributed by atoms with van der Waals surface area (Å²) in [5, 5.41) is 12.8. The van der Waals surface area contributed by atoms with E-state index in [1.807, 2.05) is 24.8 Å². The van der Waals surface area contributed by atoms with Gasteiger partial charge in [0, 0.05) is 18.3 Å². The molecule has 3 rings (SSSR count). The van der Waals surface area contributed by atoms with E-state index in [1.165, 1.54) is 6.07 Å². The monoisotopic (exact) mass is 353 g/mol. The minimum atomic E-state index is -4.43. The van der Waals surface area contributed by atoms with E-state index in [9.17, 15) is 18.3 Å². The van der Waals surface area contributed by atoms with E-state index in [-0.39, 0.29) is 12.5 Å². The van der Waals surface area contributed by atoms with Crippen molar-refractivity contribution in [2.45, 2.75) is 25.6 Å². The number of halogens is 3. The van der Waals surface area contributed by atoms with Crippen molar-refractivity contribution in [3.05, 3.63) is 42.1 Å². The maximum Gasteiger partial charge on any atom is 0.417 e. The topological polar surface area (TPSA) is 57.6 Å². The number of hydrogen-bond donors (Lipinski definition) is 2. The molecule has 1 aliphatic rings. The fraction of sp³-hybridized carbons (Fsp3) is 0.353. The van der Waals surface area contributed by atoms with Gasteiger partial charge < -0.3 is 20.1 Å². The molecule has 5 nitrogen and oxygen atoms in total. The van der Waals surface area contributed by atoms with Gasteiger partial charge in [-0.2, -0.15) is 13.2 Å². The molecule has 0 aliphatic carbocycles. The number of ether oxygens (including phenoxy) is 1. The number of pyridine rings is 1. The van der Waals surface area contributed by atoms with Gasteiger partial charge in [-0.3, -0.25) is 0 Å². The molecule has 1 aromatic carbocycles. The van der Waals surface area contributed by atoms with Crippen LogP contribution in [0.1, 0.15) is 19.4 Å². The lowest BCUT2D eigenvalue weighted by Crippen LogP contribution is -2.46. The molecule has 0 saturated heterocycles. The average Bonchev–Trinajstić information content (AvgIpc) is 2.98. The fourth-order valence-electron chi connectivity index (χ4n) is 2.55. The summed E-state index contributed by atoms with van der Waals surface area (Å²) in [5.74, 6) is 0.528. The van der Waals surface area contributed by atoms with Crippen molar-refractivity contribution in [1.82, 2.24) is 4.98 Å². The molecule has 2 heterocycles. The smallest absolute Gasteiger partial charge is 0.417 e. The number of rotatable bonds is 4. The molecule has 8 heteroatoms. The number of aromatic nitrogens is 1. The predicted octanol–water partition coefficient (Wildman–Crippen LogP) is 3.85. The quantitative estimate of drug-likeness (QED) is 0.874. The Morgan fingerprint density at radius 3 is 2.60 bits per heavy atom. The number of aliphatic hydroxyl groups excluding tert-OH is 1. The summed E-state index contributed by atoms with van der Waals surface area (Å²) in [4.78, 5) is 5.70. The van der Waals surface area contributed by atoms with E-state index in [2.05, 4.69) is 10.3 Å². The van der Waals surface area contributed by atoms with Crippen molar-refractivity contribution in [3.8, 4) is 11.6 Å². The van der Waals surface area contributed by atoms with E-state index in [4.69, 9.17) is 4.74 Å². The van der Waals surface area contributed by atoms with Crippen LogP contribution in [-0.4, -0.2) is 28.9 Å². The van der Waals surface area contributed by atoms with Crippen LogP contribution in [0.5, 0.6) is 11.6 Å². The Morgan fingerprint density at radius 2 is 2.00 bits per heavy atom. The van der Waals surface area contributed by atoms with Crippen LogP contribution in [-0.2, 0) is 6.18 Å². The van der Waals surface area contributed by atoms with E-state index >= 15 is 0 Å². The maximum atomic E-state index is 12.6. The van der Waals surface area contributed by atoms with Gasteiger partial charge in [0.05, 0.1) is 35.8 Å². The molecule has 0 saturated carbocycles. The Bertz CT molecular complexity index is 761. The van der Waals surface area contributed by atoms with Crippen molar-refractivity contribution < 1.29 is 23.0 Å². The molecule has 0 spiro atoms. The molecule has 0 amide bonds. The van der Waals surface area contributed by atoms with Crippen LogP contribution in [0.3, 0.4) is 0 Å². The highest BCUT2D eigenvalue weighted by molar-refractivity contribution is 5.77. The molecule has 25 heavy (non-hydrogen) atoms. The lowest BCUT2D eigenvalue weighted by molar-refractivity contribution is -0.137. The number of nitrogens with one attached hydrogen (secondary N) is 1. The third-order valence-electron chi connectivity index (χ3n) is 4.09. The molecule has 0 unspecified atom stereocenters. The Kier molecular flexibility index (Phi) is 4.24. The largest absolute Gasteiger partial charge is 0.439 e. The number of nitrogens with zero attached hydrogens (tertiary/aromatic N) is 2. The predicted molar refractivity (Wildman–Crippen MR) is 87.9 cm³/mol. The first-order chi connectivity index (χ1) is 11.7. The first-order valence-corrected chi connectivity index (χ1v) is 7.68. The lowest BCUT2D eigenvalue weighted by atomic mass is 10.0. The number of aliphatic hydroxyl groups is 1. The Hall–Kier alpha value is -2.48. The summed E-state index contributed by atoms with van der Waals surface area (Å²) in [7, 11) is 0. The molecule has 0 bridgehead atoms. The van der Waals surface area contributed by atoms with Crippen LogP contribution in [0.15, 0.2) is 36.5 Å². The van der Waals surface area contributed by atoms with Gasteiger partial charge in [-0.1, -0.05) is 0 Å². The fourth-order valence-corrected chi connectivity index (χ4v) is 2.55. The third-order valence-corrected chi connectivity index (χ3v) is 4.09. The van der Waals surface area contributed by atoms with Gasteiger partial charge in [-0.25, -0.2) is 4.98 Å². The van der Waals surface area contributed by atoms with Crippen molar-refractivity contribution in [3.63, 3.8) is 0 Å². The Balaban J connectivity index is 1.82. The molecule has 0 atom stereocenters. The molecule has 0 radical (unpaired) electrons. The van der Waals surface area contributed by atoms with Gasteiger partial charge in [0.2, 0.25) is 5.88 Å². The molecular formula is C17H18F3N3O2. The van der Waals surface area contributed by atoms with E-state index in [1.54, 1.807) is 12.1 Å². The van der Waals surface area contributed by atoms with Gasteiger partial charge in [-0.05, 0) is 32.0 Å². The first-order valence-electron chi connectivity index (χ1n) is 7.68. The second kappa shape index (κ2) is 6.11. The number of hydrogen-bond acceptors (Lipinski definition) is 5. The second-order valence-corrected chi connectivity index (χ2v) is 6.40. The molecule has 0 fully saturated rings. The summed E-state index contributed by atoms with van der Waals surface area (Å²) in [6.45, 7) is 4.34. The molecule has 2 N–H and O–H groups in total. The van der Waals surface area contributed by atoms with Gasteiger partial charge in [0.25, 0.3) is 0 Å². The average molecular weight is 353 g/mol. The number of alkyl halides is 3. The highest BCUT2D eigenvalue weighted by atomic mass is 19.4. The van der Waals surface area contributed by atoms with E-state index < -0.39 is 17.3 Å². The zero-order chi connectivity index (χ0) is 18.2. The van der Waals surface area contributed by atoms with Crippen LogP contribution in [0.4, 0.5) is 24.5 Å². The van der Waals surface area contributed by atoms with Gasteiger partial charge >= 0.3 is 6.18 Å². The van der Waals surface area contributed by atoms with Crippen LogP contribution in [0, 0.1) is 0 Å². The Morgan fingerprint density at radius 1 is 1.24 bits per heavy atom. The van der Waals surface area contributed by atoms with Crippen LogP contribution in [0.25, 0.3) is 0 Å². The number of benzene rings is 1. The summed E-state index contributed by atoms with van der Waals surface area (Å²) in [5.41, 5.74) is 0.454. The van der Waals surface area contributed by atoms with Crippen LogP contribution < -0.4 is 15.0 Å². The highest BCUT2D eigenvalue weighted by Gasteiger charge is 2.32. The summed E-state index contributed by atoms with van der Waals surface area (Å²) in [6, 6.07) is 7.41. The minimum Gasteiger partial charge on any atom is -0.439 e. The molecule has 1 aromatic heterocycles. The molecule has 1 aliphatic heterocycles. The highest BCUT2D eigenvalue weighted by Crippen LogP contribution is 2.39. The van der Waals surface area contributed by atoms with Crippen LogP contribution >= 0.6 is 0 Å². The van der Waals surface area contributed by atoms with Gasteiger partial charge in [-0.15, -0.1) is 0 Å². The SMILES string of the molecule is CC(C)(CO)N1CNc2ccc(Oc3ccc(C(F)(F)F)cn3)cc21. The third kappa shape index (κ3) is 3.48. The second-order valence-electron chi connectivity index (χ2n) is 6.40. The zero-order valence-electron chi connectivity index (χ0n) is 13.8. The van der Waals surface area contributed by atoms with E-state index in [0.29, 0.717) is 12.4 Å². The van der Waals surface area contributed by atoms with Gasteiger partial charge in [0.15, 0.2) is 0 Å². The summed E-state index contributed by atoms with van der Waals surface area (Å²) in [6.07, 6.45) is -3.69. The summed E-state index contributed by atoms with van der Waals surface area (Å²) >= 11 is 0. The number of fused-ring (bicyclic) bond motifs is 1. The van der Waals surface area contributed by atoms with Crippen molar-refractivity contribution >= 4 is 11.4 Å². The van der Waals surface area contributed by atoms with Gasteiger partial charge in [0.1, 0.15) is 5.75 Å². The minimum absolute atomic E-state index is 0.0281. The molecular weight excluding hydrogens is 335 g/mol. The van der Waals surface area contributed by atoms with Crippen molar-refractivity contribution in [1.29, 1.82) is 0 Å². The standard InChI is InChI=1S/C17H18F3N3O2/c1-16(2,9-24)23-10-22-13-5-4-12(7-14(13)23)25-15-6-3-11(8-21-15)17(18,19)20/h3-8,22,24H,9-10H2,1-2H3. The lowest BCUT2D eigenvalue weighted by Gasteiger charge is -2.35. The molecule has 134 valence electrons. The normalized spacial score (nSPS) is 14.2. The molecule has 2 aromatic rings. The first kappa shape index (κ1) is 17.3. The summed E-state index contributed by atoms with van der Waals surface area (Å²) < 4.78 is 43.3. The maximum absolute atomic E-state index is 12.6. The Labute approximate surface area is 143 Å². The van der Waals surface area contributed by atoms with Crippen molar-refractivity contribution in [2.24, 2.45) is 0 Å².